The first kappa shape index (κ1) is 15.0. The minimum Gasteiger partial charge on any atom is -0.270 e. The van der Waals surface area contributed by atoms with Gasteiger partial charge in [0.25, 0.3) is 0 Å². The number of anilines is 1. The zero-order chi connectivity index (χ0) is 13.8. The molecule has 0 aliphatic carbocycles. The maximum absolute atomic E-state index is 12.0. The lowest BCUT2D eigenvalue weighted by atomic mass is 10.0. The summed E-state index contributed by atoms with van der Waals surface area (Å²) in [6, 6.07) is 7.82. The summed E-state index contributed by atoms with van der Waals surface area (Å²) in [5.41, 5.74) is 1.99. The van der Waals surface area contributed by atoms with Gasteiger partial charge in [-0.2, -0.15) is 0 Å². The fourth-order valence-electron chi connectivity index (χ4n) is 1.81. The zero-order valence-corrected chi connectivity index (χ0v) is 12.5. The number of rotatable bonds is 6. The molecule has 0 radical (unpaired) electrons. The molecule has 3 nitrogen and oxygen atoms in total. The van der Waals surface area contributed by atoms with Gasteiger partial charge in [0.1, 0.15) is 0 Å². The van der Waals surface area contributed by atoms with Gasteiger partial charge in [0.2, 0.25) is 10.0 Å². The second-order valence-corrected chi connectivity index (χ2v) is 6.90. The first-order chi connectivity index (χ1) is 8.42. The van der Waals surface area contributed by atoms with Crippen LogP contribution in [0.4, 0.5) is 5.69 Å². The summed E-state index contributed by atoms with van der Waals surface area (Å²) >= 11 is 0. The highest BCUT2D eigenvalue weighted by Gasteiger charge is 2.19. The average molecular weight is 269 g/mol. The maximum Gasteiger partial charge on any atom is 0.234 e. The van der Waals surface area contributed by atoms with Gasteiger partial charge in [-0.15, -0.1) is 0 Å². The van der Waals surface area contributed by atoms with Gasteiger partial charge >= 0.3 is 0 Å². The Kier molecular flexibility index (Phi) is 5.20. The summed E-state index contributed by atoms with van der Waals surface area (Å²) in [6.07, 6.45) is 0.811. The van der Waals surface area contributed by atoms with Crippen LogP contribution in [0.5, 0.6) is 0 Å². The van der Waals surface area contributed by atoms with Crippen LogP contribution in [0, 0.1) is 0 Å². The van der Waals surface area contributed by atoms with Gasteiger partial charge in [-0.25, -0.2) is 8.42 Å². The van der Waals surface area contributed by atoms with Crippen molar-refractivity contribution < 1.29 is 8.42 Å². The molecule has 0 fully saturated rings. The summed E-state index contributed by atoms with van der Waals surface area (Å²) in [6.45, 7) is 8.46. The summed E-state index contributed by atoms with van der Waals surface area (Å²) in [4.78, 5) is 0. The molecule has 1 aromatic carbocycles. The Morgan fingerprint density at radius 1 is 1.11 bits per heavy atom. The van der Waals surface area contributed by atoms with Gasteiger partial charge in [0, 0.05) is 6.54 Å². The van der Waals surface area contributed by atoms with Crippen molar-refractivity contribution in [3.63, 3.8) is 0 Å². The molecule has 0 spiro atoms. The molecule has 0 aliphatic heterocycles. The molecular formula is C14H23NO2S. The zero-order valence-electron chi connectivity index (χ0n) is 11.7. The lowest BCUT2D eigenvalue weighted by molar-refractivity contribution is 0.591. The van der Waals surface area contributed by atoms with E-state index in [1.54, 1.807) is 6.92 Å². The SMILES string of the molecule is CCCN(c1ccc(C(C)C)cc1)S(=O)(=O)CC. The Morgan fingerprint density at radius 3 is 2.06 bits per heavy atom. The van der Waals surface area contributed by atoms with Gasteiger partial charge in [-0.05, 0) is 37.0 Å². The van der Waals surface area contributed by atoms with Crippen LogP contribution in [0.2, 0.25) is 0 Å². The topological polar surface area (TPSA) is 37.4 Å². The molecule has 0 aromatic heterocycles. The van der Waals surface area contributed by atoms with E-state index in [1.165, 1.54) is 9.87 Å². The van der Waals surface area contributed by atoms with Crippen molar-refractivity contribution in [2.75, 3.05) is 16.6 Å². The molecule has 0 amide bonds. The quantitative estimate of drug-likeness (QED) is 0.794. The Balaban J connectivity index is 3.07. The fraction of sp³-hybridized carbons (Fsp3) is 0.571. The third kappa shape index (κ3) is 3.48. The first-order valence-electron chi connectivity index (χ1n) is 6.52. The van der Waals surface area contributed by atoms with Gasteiger partial charge in [0.05, 0.1) is 11.4 Å². The lowest BCUT2D eigenvalue weighted by Crippen LogP contribution is -2.33. The molecule has 0 bridgehead atoms. The third-order valence-corrected chi connectivity index (χ3v) is 4.77. The van der Waals surface area contributed by atoms with E-state index in [9.17, 15) is 8.42 Å². The minimum absolute atomic E-state index is 0.138. The number of hydrogen-bond acceptors (Lipinski definition) is 2. The third-order valence-electron chi connectivity index (χ3n) is 2.98. The molecule has 0 unspecified atom stereocenters. The highest BCUT2D eigenvalue weighted by molar-refractivity contribution is 7.92. The van der Waals surface area contributed by atoms with Crippen molar-refractivity contribution >= 4 is 15.7 Å². The minimum atomic E-state index is -3.18. The molecule has 0 heterocycles. The van der Waals surface area contributed by atoms with Crippen LogP contribution in [0.15, 0.2) is 24.3 Å². The van der Waals surface area contributed by atoms with Gasteiger partial charge in [-0.1, -0.05) is 32.9 Å². The largest absolute Gasteiger partial charge is 0.270 e. The maximum atomic E-state index is 12.0. The molecule has 1 aromatic rings. The predicted octanol–water partition coefficient (Wildman–Crippen LogP) is 3.38. The van der Waals surface area contributed by atoms with Crippen LogP contribution < -0.4 is 4.31 Å². The smallest absolute Gasteiger partial charge is 0.234 e. The number of benzene rings is 1. The molecular weight excluding hydrogens is 246 g/mol. The average Bonchev–Trinajstić information content (AvgIpc) is 2.36. The highest BCUT2D eigenvalue weighted by atomic mass is 32.2. The summed E-state index contributed by atoms with van der Waals surface area (Å²) in [5.74, 6) is 0.598. The molecule has 0 atom stereocenters. The second kappa shape index (κ2) is 6.23. The number of nitrogens with zero attached hydrogens (tertiary/aromatic N) is 1. The van der Waals surface area contributed by atoms with Crippen LogP contribution in [-0.2, 0) is 10.0 Å². The van der Waals surface area contributed by atoms with Crippen molar-refractivity contribution in [3.05, 3.63) is 29.8 Å². The monoisotopic (exact) mass is 269 g/mol. The van der Waals surface area contributed by atoms with E-state index in [4.69, 9.17) is 0 Å². The van der Waals surface area contributed by atoms with E-state index in [2.05, 4.69) is 13.8 Å². The Labute approximate surface area is 111 Å². The Hall–Kier alpha value is -1.03. The van der Waals surface area contributed by atoms with E-state index < -0.39 is 10.0 Å². The normalized spacial score (nSPS) is 11.8. The first-order valence-corrected chi connectivity index (χ1v) is 8.13. The van der Waals surface area contributed by atoms with Crippen molar-refractivity contribution in [2.24, 2.45) is 0 Å². The predicted molar refractivity (Wildman–Crippen MR) is 77.6 cm³/mol. The van der Waals surface area contributed by atoms with E-state index in [0.29, 0.717) is 12.5 Å². The van der Waals surface area contributed by atoms with Crippen molar-refractivity contribution in [1.82, 2.24) is 0 Å². The highest BCUT2D eigenvalue weighted by Crippen LogP contribution is 2.22. The van der Waals surface area contributed by atoms with Crippen molar-refractivity contribution in [1.29, 1.82) is 0 Å². The van der Waals surface area contributed by atoms with Gasteiger partial charge in [0.15, 0.2) is 0 Å². The van der Waals surface area contributed by atoms with Crippen LogP contribution >= 0.6 is 0 Å². The molecule has 4 heteroatoms. The lowest BCUT2D eigenvalue weighted by Gasteiger charge is -2.23. The summed E-state index contributed by atoms with van der Waals surface area (Å²) in [7, 11) is -3.18. The van der Waals surface area contributed by atoms with E-state index in [-0.39, 0.29) is 5.75 Å². The molecule has 0 aliphatic rings. The number of sulfonamides is 1. The molecule has 0 saturated carbocycles. The van der Waals surface area contributed by atoms with E-state index >= 15 is 0 Å². The summed E-state index contributed by atoms with van der Waals surface area (Å²) in [5, 5.41) is 0. The molecule has 0 N–H and O–H groups in total. The van der Waals surface area contributed by atoms with Crippen molar-refractivity contribution in [2.45, 2.75) is 40.0 Å². The molecule has 102 valence electrons. The fourth-order valence-corrected chi connectivity index (χ4v) is 3.03. The summed E-state index contributed by atoms with van der Waals surface area (Å²) < 4.78 is 25.6. The van der Waals surface area contributed by atoms with Crippen LogP contribution in [0.3, 0.4) is 0 Å². The Bertz CT molecular complexity index is 463. The molecule has 1 rings (SSSR count). The van der Waals surface area contributed by atoms with Gasteiger partial charge in [-0.3, -0.25) is 4.31 Å². The van der Waals surface area contributed by atoms with Crippen LogP contribution in [0.1, 0.15) is 45.6 Å². The number of hydrogen-bond donors (Lipinski definition) is 0. The van der Waals surface area contributed by atoms with E-state index in [1.807, 2.05) is 31.2 Å². The van der Waals surface area contributed by atoms with Crippen molar-refractivity contribution in [3.8, 4) is 0 Å². The van der Waals surface area contributed by atoms with Crippen LogP contribution in [-0.4, -0.2) is 20.7 Å². The second-order valence-electron chi connectivity index (χ2n) is 4.72. The standard InChI is InChI=1S/C14H23NO2S/c1-5-11-15(18(16,17)6-2)14-9-7-13(8-10-14)12(3)4/h7-10,12H,5-6,11H2,1-4H3. The molecule has 0 saturated heterocycles. The van der Waals surface area contributed by atoms with E-state index in [0.717, 1.165) is 12.1 Å². The van der Waals surface area contributed by atoms with Crippen LogP contribution in [0.25, 0.3) is 0 Å². The Morgan fingerprint density at radius 2 is 1.67 bits per heavy atom. The molecule has 18 heavy (non-hydrogen) atoms. The van der Waals surface area contributed by atoms with Gasteiger partial charge < -0.3 is 0 Å².